The van der Waals surface area contributed by atoms with E-state index in [-0.39, 0.29) is 5.92 Å². The van der Waals surface area contributed by atoms with Crippen LogP contribution in [-0.4, -0.2) is 23.4 Å². The maximum atomic E-state index is 11.5. The Labute approximate surface area is 82.3 Å². The lowest BCUT2D eigenvalue weighted by Gasteiger charge is -2.23. The molecule has 1 fully saturated rings. The molecule has 1 rings (SSSR count). The van der Waals surface area contributed by atoms with Crippen molar-refractivity contribution in [2.75, 3.05) is 6.54 Å². The van der Waals surface area contributed by atoms with Gasteiger partial charge in [0.2, 0.25) is 5.91 Å². The summed E-state index contributed by atoms with van der Waals surface area (Å²) >= 11 is 0. The normalized spacial score (nSPS) is 21.4. The second-order valence-electron chi connectivity index (χ2n) is 3.68. The lowest BCUT2D eigenvalue weighted by atomic mass is 10.2. The van der Waals surface area contributed by atoms with E-state index in [9.17, 15) is 4.79 Å². The predicted molar refractivity (Wildman–Crippen MR) is 56.6 cm³/mol. The van der Waals surface area contributed by atoms with E-state index in [0.29, 0.717) is 11.9 Å². The highest BCUT2D eigenvalue weighted by Gasteiger charge is 2.26. The van der Waals surface area contributed by atoms with Gasteiger partial charge in [-0.25, -0.2) is 0 Å². The van der Waals surface area contributed by atoms with E-state index >= 15 is 0 Å². The van der Waals surface area contributed by atoms with Gasteiger partial charge in [0.05, 0.1) is 0 Å². The number of likely N-dealkylation sites (tertiary alicyclic amines) is 1. The molecule has 1 heterocycles. The summed E-state index contributed by atoms with van der Waals surface area (Å²) in [6.45, 7) is 11.0. The predicted octanol–water partition coefficient (Wildman–Crippen LogP) is 2.68. The highest BCUT2D eigenvalue weighted by atomic mass is 16.2. The molecule has 2 nitrogen and oxygen atoms in total. The molecule has 0 radical (unpaired) electrons. The van der Waals surface area contributed by atoms with E-state index in [1.807, 2.05) is 32.6 Å². The van der Waals surface area contributed by atoms with Gasteiger partial charge in [-0.15, -0.1) is 0 Å². The summed E-state index contributed by atoms with van der Waals surface area (Å²) in [6.07, 6.45) is 2.36. The van der Waals surface area contributed by atoms with Gasteiger partial charge >= 0.3 is 0 Å². The lowest BCUT2D eigenvalue weighted by molar-refractivity contribution is -0.134. The van der Waals surface area contributed by atoms with Gasteiger partial charge in [0.25, 0.3) is 0 Å². The first-order chi connectivity index (χ1) is 6.13. The lowest BCUT2D eigenvalue weighted by Crippen LogP contribution is -2.36. The molecule has 0 bridgehead atoms. The number of carbonyl (C=O) groups is 1. The van der Waals surface area contributed by atoms with Crippen molar-refractivity contribution in [2.45, 2.75) is 53.5 Å². The van der Waals surface area contributed by atoms with Gasteiger partial charge in [-0.2, -0.15) is 0 Å². The second-order valence-corrected chi connectivity index (χ2v) is 3.68. The molecule has 1 aliphatic rings. The largest absolute Gasteiger partial charge is 0.340 e. The smallest absolute Gasteiger partial charge is 0.225 e. The Morgan fingerprint density at radius 1 is 1.38 bits per heavy atom. The van der Waals surface area contributed by atoms with Gasteiger partial charge in [-0.3, -0.25) is 4.79 Å². The number of hydrogen-bond acceptors (Lipinski definition) is 1. The van der Waals surface area contributed by atoms with Crippen LogP contribution >= 0.6 is 0 Å². The fraction of sp³-hybridized carbons (Fsp3) is 0.909. The van der Waals surface area contributed by atoms with Crippen LogP contribution in [-0.2, 0) is 4.79 Å². The van der Waals surface area contributed by atoms with E-state index < -0.39 is 0 Å². The Bertz CT molecular complexity index is 154. The SMILES string of the molecule is CC.CC(C)C(=O)N1CCCC1C. The summed E-state index contributed by atoms with van der Waals surface area (Å²) < 4.78 is 0. The van der Waals surface area contributed by atoms with Gasteiger partial charge in [-0.05, 0) is 19.8 Å². The average molecular weight is 185 g/mol. The summed E-state index contributed by atoms with van der Waals surface area (Å²) in [7, 11) is 0. The molecule has 1 aliphatic heterocycles. The second kappa shape index (κ2) is 6.01. The molecule has 2 heteroatoms. The van der Waals surface area contributed by atoms with E-state index in [0.717, 1.165) is 6.54 Å². The van der Waals surface area contributed by atoms with Crippen molar-refractivity contribution in [1.82, 2.24) is 4.90 Å². The van der Waals surface area contributed by atoms with Crippen LogP contribution in [0.4, 0.5) is 0 Å². The summed E-state index contributed by atoms with van der Waals surface area (Å²) in [5, 5.41) is 0. The van der Waals surface area contributed by atoms with Crippen molar-refractivity contribution in [2.24, 2.45) is 5.92 Å². The summed E-state index contributed by atoms with van der Waals surface area (Å²) in [6, 6.07) is 0.477. The molecular weight excluding hydrogens is 162 g/mol. The van der Waals surface area contributed by atoms with Crippen molar-refractivity contribution in [3.8, 4) is 0 Å². The molecular formula is C11H23NO. The number of rotatable bonds is 1. The van der Waals surface area contributed by atoms with Crippen LogP contribution in [0.5, 0.6) is 0 Å². The van der Waals surface area contributed by atoms with Gasteiger partial charge < -0.3 is 4.90 Å². The monoisotopic (exact) mass is 185 g/mol. The number of hydrogen-bond donors (Lipinski definition) is 0. The molecule has 0 aliphatic carbocycles. The van der Waals surface area contributed by atoms with Gasteiger partial charge in [0.1, 0.15) is 0 Å². The minimum atomic E-state index is 0.163. The Balaban J connectivity index is 0.000000671. The first-order valence-electron chi connectivity index (χ1n) is 5.43. The van der Waals surface area contributed by atoms with Crippen LogP contribution in [0.25, 0.3) is 0 Å². The van der Waals surface area contributed by atoms with Gasteiger partial charge in [0, 0.05) is 18.5 Å². The molecule has 0 N–H and O–H groups in total. The maximum absolute atomic E-state index is 11.5. The number of carbonyl (C=O) groups excluding carboxylic acids is 1. The molecule has 1 atom stereocenters. The van der Waals surface area contributed by atoms with Crippen molar-refractivity contribution < 1.29 is 4.79 Å². The van der Waals surface area contributed by atoms with Crippen LogP contribution in [0.2, 0.25) is 0 Å². The van der Waals surface area contributed by atoms with Crippen LogP contribution in [0, 0.1) is 5.92 Å². The highest BCUT2D eigenvalue weighted by molar-refractivity contribution is 5.78. The third-order valence-corrected chi connectivity index (χ3v) is 2.33. The molecule has 1 unspecified atom stereocenters. The molecule has 0 aromatic carbocycles. The zero-order valence-corrected chi connectivity index (χ0v) is 9.63. The van der Waals surface area contributed by atoms with Gasteiger partial charge in [0.15, 0.2) is 0 Å². The van der Waals surface area contributed by atoms with Crippen molar-refractivity contribution in [1.29, 1.82) is 0 Å². The molecule has 13 heavy (non-hydrogen) atoms. The Morgan fingerprint density at radius 3 is 2.23 bits per heavy atom. The highest BCUT2D eigenvalue weighted by Crippen LogP contribution is 2.18. The quantitative estimate of drug-likeness (QED) is 0.615. The van der Waals surface area contributed by atoms with E-state index in [1.54, 1.807) is 0 Å². The number of amides is 1. The maximum Gasteiger partial charge on any atom is 0.225 e. The molecule has 0 saturated carbocycles. The summed E-state index contributed by atoms with van der Waals surface area (Å²) in [4.78, 5) is 13.5. The minimum absolute atomic E-state index is 0.163. The zero-order chi connectivity index (χ0) is 10.4. The molecule has 78 valence electrons. The first-order valence-corrected chi connectivity index (χ1v) is 5.43. The zero-order valence-electron chi connectivity index (χ0n) is 9.63. The summed E-state index contributed by atoms with van der Waals surface area (Å²) in [5.74, 6) is 0.477. The van der Waals surface area contributed by atoms with Crippen molar-refractivity contribution in [3.63, 3.8) is 0 Å². The Morgan fingerprint density at radius 2 is 1.92 bits per heavy atom. The third-order valence-electron chi connectivity index (χ3n) is 2.33. The number of nitrogens with zero attached hydrogens (tertiary/aromatic N) is 1. The van der Waals surface area contributed by atoms with E-state index in [2.05, 4.69) is 6.92 Å². The van der Waals surface area contributed by atoms with Crippen molar-refractivity contribution >= 4 is 5.91 Å². The van der Waals surface area contributed by atoms with Crippen LogP contribution in [0.1, 0.15) is 47.5 Å². The molecule has 0 spiro atoms. The Kier molecular flexibility index (Phi) is 5.76. The Hall–Kier alpha value is -0.530. The average Bonchev–Trinajstić information content (AvgIpc) is 2.53. The van der Waals surface area contributed by atoms with Crippen molar-refractivity contribution in [3.05, 3.63) is 0 Å². The van der Waals surface area contributed by atoms with E-state index in [4.69, 9.17) is 0 Å². The summed E-state index contributed by atoms with van der Waals surface area (Å²) in [5.41, 5.74) is 0. The van der Waals surface area contributed by atoms with Crippen LogP contribution < -0.4 is 0 Å². The van der Waals surface area contributed by atoms with E-state index in [1.165, 1.54) is 12.8 Å². The van der Waals surface area contributed by atoms with Crippen LogP contribution in [0.3, 0.4) is 0 Å². The van der Waals surface area contributed by atoms with Gasteiger partial charge in [-0.1, -0.05) is 27.7 Å². The molecule has 0 aromatic rings. The molecule has 1 amide bonds. The molecule has 0 aromatic heterocycles. The fourth-order valence-electron chi connectivity index (χ4n) is 1.59. The third kappa shape index (κ3) is 3.37. The minimum Gasteiger partial charge on any atom is -0.340 e. The first kappa shape index (κ1) is 12.5. The fourth-order valence-corrected chi connectivity index (χ4v) is 1.59. The van der Waals surface area contributed by atoms with Crippen LogP contribution in [0.15, 0.2) is 0 Å². The molecule has 1 saturated heterocycles. The topological polar surface area (TPSA) is 20.3 Å². The standard InChI is InChI=1S/C9H17NO.C2H6/c1-7(2)9(11)10-6-4-5-8(10)3;1-2/h7-8H,4-6H2,1-3H3;1-2H3.